The minimum atomic E-state index is -0.417. The first-order valence-corrected chi connectivity index (χ1v) is 13.5. The van der Waals surface area contributed by atoms with Crippen molar-refractivity contribution in [2.75, 3.05) is 0 Å². The molecule has 0 rings (SSSR count). The maximum absolute atomic E-state index is 11.5. The molecule has 0 aromatic carbocycles. The molecule has 40 heavy (non-hydrogen) atoms. The van der Waals surface area contributed by atoms with Gasteiger partial charge in [0.15, 0.2) is 17.3 Å². The van der Waals surface area contributed by atoms with E-state index in [1.54, 1.807) is 0 Å². The maximum Gasteiger partial charge on any atom is 0.164 e. The molecule has 0 saturated heterocycles. The van der Waals surface area contributed by atoms with Crippen molar-refractivity contribution < 1.29 is 62.4 Å². The molecule has 0 aliphatic carbocycles. The third kappa shape index (κ3) is 21.5. The Bertz CT molecular complexity index is 801. The Morgan fingerprint density at radius 2 is 0.475 bits per heavy atom. The van der Waals surface area contributed by atoms with Crippen LogP contribution in [0.3, 0.4) is 0 Å². The average Bonchev–Trinajstić information content (AvgIpc) is 2.64. The van der Waals surface area contributed by atoms with Crippen LogP contribution in [0, 0.1) is 32.5 Å². The Labute approximate surface area is 271 Å². The second kappa shape index (κ2) is 16.4. The molecule has 0 bridgehead atoms. The number of carbonyl (C=O) groups is 3. The molecule has 0 aliphatic heterocycles. The molecule has 0 saturated carbocycles. The van der Waals surface area contributed by atoms with Crippen molar-refractivity contribution >= 4 is 17.3 Å². The predicted molar refractivity (Wildman–Crippen MR) is 164 cm³/mol. The molecular formula is C33H60O6Y. The maximum atomic E-state index is 11.5. The summed E-state index contributed by atoms with van der Waals surface area (Å²) in [6.45, 7) is 33.3. The first-order chi connectivity index (χ1) is 16.6. The summed E-state index contributed by atoms with van der Waals surface area (Å²) in [5.74, 6) is 0.312. The van der Waals surface area contributed by atoms with E-state index in [0.717, 1.165) is 0 Å². The third-order valence-electron chi connectivity index (χ3n) is 5.33. The second-order valence-corrected chi connectivity index (χ2v) is 16.2. The van der Waals surface area contributed by atoms with E-state index in [-0.39, 0.29) is 83.6 Å². The zero-order chi connectivity index (χ0) is 32.6. The molecule has 0 aromatic rings. The Morgan fingerprint density at radius 3 is 0.550 bits per heavy atom. The molecule has 0 spiro atoms. The van der Waals surface area contributed by atoms with E-state index in [2.05, 4.69) is 0 Å². The van der Waals surface area contributed by atoms with Crippen LogP contribution in [0.25, 0.3) is 0 Å². The van der Waals surface area contributed by atoms with Crippen molar-refractivity contribution in [2.45, 2.75) is 125 Å². The summed E-state index contributed by atoms with van der Waals surface area (Å²) in [4.78, 5) is 34.5. The summed E-state index contributed by atoms with van der Waals surface area (Å²) < 4.78 is 0. The summed E-state index contributed by atoms with van der Waals surface area (Å²) in [5.41, 5.74) is -2.29. The molecule has 0 heterocycles. The summed E-state index contributed by atoms with van der Waals surface area (Å²) in [7, 11) is 0. The van der Waals surface area contributed by atoms with E-state index in [1.807, 2.05) is 125 Å². The fourth-order valence-electron chi connectivity index (χ4n) is 1.67. The first-order valence-electron chi connectivity index (χ1n) is 13.5. The van der Waals surface area contributed by atoms with Gasteiger partial charge >= 0.3 is 0 Å². The molecule has 7 heteroatoms. The van der Waals surface area contributed by atoms with E-state index in [0.29, 0.717) is 0 Å². The van der Waals surface area contributed by atoms with Crippen molar-refractivity contribution in [2.24, 2.45) is 32.5 Å². The molecule has 0 atom stereocenters. The largest absolute Gasteiger partial charge is 0.512 e. The summed E-state index contributed by atoms with van der Waals surface area (Å²) >= 11 is 0. The Hall–Kier alpha value is -1.27. The number of hydrogen-bond donors (Lipinski definition) is 3. The van der Waals surface area contributed by atoms with Crippen LogP contribution in [0.15, 0.2) is 35.5 Å². The molecule has 0 fully saturated rings. The van der Waals surface area contributed by atoms with Crippen molar-refractivity contribution in [3.63, 3.8) is 0 Å². The summed E-state index contributed by atoms with van der Waals surface area (Å²) in [6.07, 6.45) is 4.00. The van der Waals surface area contributed by atoms with Gasteiger partial charge in [-0.1, -0.05) is 125 Å². The van der Waals surface area contributed by atoms with Gasteiger partial charge in [0.1, 0.15) is 17.3 Å². The van der Waals surface area contributed by atoms with Gasteiger partial charge in [-0.05, 0) is 0 Å². The van der Waals surface area contributed by atoms with E-state index >= 15 is 0 Å². The van der Waals surface area contributed by atoms with E-state index < -0.39 is 16.2 Å². The SMILES string of the molecule is CC(C)(C)C(=O)/C=C(/O)C(C)(C)C.CC(C)(C)C(=O)/C=C(/O)C(C)(C)C.CC(C)(C)C(=O)/C=C(/O)C(C)(C)C.[Y]. The number of aliphatic hydroxyl groups is 3. The van der Waals surface area contributed by atoms with E-state index in [9.17, 15) is 29.7 Å². The number of ketones is 3. The van der Waals surface area contributed by atoms with Crippen molar-refractivity contribution in [3.05, 3.63) is 35.5 Å². The van der Waals surface area contributed by atoms with Crippen LogP contribution in [0.5, 0.6) is 0 Å². The summed E-state index contributed by atoms with van der Waals surface area (Å²) in [5, 5.41) is 28.7. The van der Waals surface area contributed by atoms with Gasteiger partial charge in [0.25, 0.3) is 0 Å². The Morgan fingerprint density at radius 1 is 0.350 bits per heavy atom. The van der Waals surface area contributed by atoms with Crippen LogP contribution in [0.4, 0.5) is 0 Å². The second-order valence-electron chi connectivity index (χ2n) is 16.2. The van der Waals surface area contributed by atoms with Gasteiger partial charge in [-0.15, -0.1) is 0 Å². The van der Waals surface area contributed by atoms with Crippen LogP contribution in [-0.4, -0.2) is 32.7 Å². The van der Waals surface area contributed by atoms with Gasteiger partial charge in [-0.2, -0.15) is 0 Å². The molecule has 0 aliphatic rings. The van der Waals surface area contributed by atoms with E-state index in [4.69, 9.17) is 0 Å². The topological polar surface area (TPSA) is 112 Å². The number of hydrogen-bond acceptors (Lipinski definition) is 6. The van der Waals surface area contributed by atoms with Gasteiger partial charge in [-0.25, -0.2) is 0 Å². The molecule has 0 unspecified atom stereocenters. The third-order valence-corrected chi connectivity index (χ3v) is 5.33. The number of rotatable bonds is 3. The van der Waals surface area contributed by atoms with Crippen molar-refractivity contribution in [1.29, 1.82) is 0 Å². The first kappa shape index (κ1) is 45.7. The zero-order valence-corrected chi connectivity index (χ0v) is 31.7. The number of allylic oxidation sites excluding steroid dienone is 6. The Balaban J connectivity index is -0.000000240. The van der Waals surface area contributed by atoms with Crippen LogP contribution in [-0.2, 0) is 47.1 Å². The smallest absolute Gasteiger partial charge is 0.164 e. The van der Waals surface area contributed by atoms with Gasteiger partial charge < -0.3 is 15.3 Å². The van der Waals surface area contributed by atoms with Crippen LogP contribution < -0.4 is 0 Å². The monoisotopic (exact) mass is 641 g/mol. The summed E-state index contributed by atoms with van der Waals surface area (Å²) in [6, 6.07) is 0. The zero-order valence-electron chi connectivity index (χ0n) is 28.9. The van der Waals surface area contributed by atoms with Gasteiger partial charge in [0.2, 0.25) is 0 Å². The van der Waals surface area contributed by atoms with Gasteiger partial charge in [0.05, 0.1) is 0 Å². The fraction of sp³-hybridized carbons (Fsp3) is 0.727. The van der Waals surface area contributed by atoms with E-state index in [1.165, 1.54) is 18.2 Å². The normalized spacial score (nSPS) is 14.1. The van der Waals surface area contributed by atoms with Crippen LogP contribution in [0.2, 0.25) is 0 Å². The van der Waals surface area contributed by atoms with Crippen molar-refractivity contribution in [1.82, 2.24) is 0 Å². The molecular weight excluding hydrogens is 581 g/mol. The Kier molecular flexibility index (Phi) is 18.7. The quantitative estimate of drug-likeness (QED) is 0.209. The van der Waals surface area contributed by atoms with Gasteiger partial charge in [-0.3, -0.25) is 14.4 Å². The molecule has 6 nitrogen and oxygen atoms in total. The fourth-order valence-corrected chi connectivity index (χ4v) is 1.67. The van der Waals surface area contributed by atoms with Crippen LogP contribution in [0.1, 0.15) is 125 Å². The number of carbonyl (C=O) groups excluding carboxylic acids is 3. The minimum Gasteiger partial charge on any atom is -0.512 e. The predicted octanol–water partition coefficient (Wildman–Crippen LogP) is 9.27. The molecule has 0 aromatic heterocycles. The molecule has 3 N–H and O–H groups in total. The standard InChI is InChI=1S/3C11H20O2.Y/c3*1-10(2,3)8(12)7-9(13)11(4,5)6;/h3*7,12H,1-6H3;/b3*8-7+;. The number of aliphatic hydroxyl groups excluding tert-OH is 3. The van der Waals surface area contributed by atoms with Crippen molar-refractivity contribution in [3.8, 4) is 0 Å². The molecule has 0 amide bonds. The average molecular weight is 642 g/mol. The van der Waals surface area contributed by atoms with Crippen LogP contribution >= 0.6 is 0 Å². The molecule has 1 radical (unpaired) electrons. The van der Waals surface area contributed by atoms with Gasteiger partial charge in [0, 0.05) is 83.4 Å². The minimum absolute atomic E-state index is 0. The molecule has 231 valence electrons.